The van der Waals surface area contributed by atoms with E-state index in [1.165, 1.54) is 18.2 Å². The number of benzene rings is 1. The Hall–Kier alpha value is -1.60. The van der Waals surface area contributed by atoms with Crippen molar-refractivity contribution in [3.63, 3.8) is 0 Å². The van der Waals surface area contributed by atoms with Crippen molar-refractivity contribution in [3.05, 3.63) is 23.8 Å². The first kappa shape index (κ1) is 15.8. The SMILES string of the molecule is CS(=O)(=O)c1cc(N)cc(C(=O)NCC2CCOCC2)c1. The molecule has 1 fully saturated rings. The molecule has 1 aliphatic heterocycles. The maximum atomic E-state index is 12.1. The highest BCUT2D eigenvalue weighted by atomic mass is 32.2. The van der Waals surface area contributed by atoms with E-state index >= 15 is 0 Å². The van der Waals surface area contributed by atoms with Crippen molar-refractivity contribution in [3.8, 4) is 0 Å². The number of nitrogen functional groups attached to an aromatic ring is 1. The molecule has 1 amide bonds. The molecule has 0 radical (unpaired) electrons. The van der Waals surface area contributed by atoms with Crippen molar-refractivity contribution in [1.82, 2.24) is 5.32 Å². The third-order valence-corrected chi connectivity index (χ3v) is 4.60. The van der Waals surface area contributed by atoms with Crippen LogP contribution in [0.5, 0.6) is 0 Å². The molecule has 2 rings (SSSR count). The first-order valence-corrected chi connectivity index (χ1v) is 8.72. The largest absolute Gasteiger partial charge is 0.399 e. The highest BCUT2D eigenvalue weighted by molar-refractivity contribution is 7.90. The highest BCUT2D eigenvalue weighted by Crippen LogP contribution is 2.17. The number of hydrogen-bond donors (Lipinski definition) is 2. The van der Waals surface area contributed by atoms with E-state index in [1.54, 1.807) is 0 Å². The predicted octanol–water partition coefficient (Wildman–Crippen LogP) is 0.829. The smallest absolute Gasteiger partial charge is 0.251 e. The van der Waals surface area contributed by atoms with Gasteiger partial charge >= 0.3 is 0 Å². The molecule has 0 spiro atoms. The van der Waals surface area contributed by atoms with Gasteiger partial charge in [0, 0.05) is 37.3 Å². The fourth-order valence-electron chi connectivity index (χ4n) is 2.26. The van der Waals surface area contributed by atoms with Gasteiger partial charge in [0.05, 0.1) is 4.90 Å². The van der Waals surface area contributed by atoms with Crippen molar-refractivity contribution in [1.29, 1.82) is 0 Å². The van der Waals surface area contributed by atoms with E-state index < -0.39 is 9.84 Å². The summed E-state index contributed by atoms with van der Waals surface area (Å²) in [4.78, 5) is 12.2. The normalized spacial score (nSPS) is 16.6. The molecule has 6 nitrogen and oxygen atoms in total. The van der Waals surface area contributed by atoms with Crippen LogP contribution in [0.1, 0.15) is 23.2 Å². The van der Waals surface area contributed by atoms with E-state index in [2.05, 4.69) is 5.32 Å². The van der Waals surface area contributed by atoms with Crippen molar-refractivity contribution < 1.29 is 17.9 Å². The third-order valence-electron chi connectivity index (χ3n) is 3.51. The number of hydrogen-bond acceptors (Lipinski definition) is 5. The number of sulfone groups is 1. The van der Waals surface area contributed by atoms with Gasteiger partial charge in [0.15, 0.2) is 9.84 Å². The van der Waals surface area contributed by atoms with Gasteiger partial charge in [-0.2, -0.15) is 0 Å². The van der Waals surface area contributed by atoms with Crippen LogP contribution in [0.3, 0.4) is 0 Å². The molecule has 1 heterocycles. The van der Waals surface area contributed by atoms with Crippen molar-refractivity contribution in [2.45, 2.75) is 17.7 Å². The maximum Gasteiger partial charge on any atom is 0.251 e. The second-order valence-corrected chi connectivity index (χ2v) is 7.34. The molecule has 1 aliphatic rings. The number of carbonyl (C=O) groups excluding carboxylic acids is 1. The monoisotopic (exact) mass is 312 g/mol. The summed E-state index contributed by atoms with van der Waals surface area (Å²) in [5, 5.41) is 2.83. The van der Waals surface area contributed by atoms with Gasteiger partial charge in [0.1, 0.15) is 0 Å². The van der Waals surface area contributed by atoms with Gasteiger partial charge in [-0.1, -0.05) is 0 Å². The summed E-state index contributed by atoms with van der Waals surface area (Å²) in [6.07, 6.45) is 2.93. The van der Waals surface area contributed by atoms with Crippen molar-refractivity contribution in [2.24, 2.45) is 5.92 Å². The quantitative estimate of drug-likeness (QED) is 0.802. The maximum absolute atomic E-state index is 12.1. The average molecular weight is 312 g/mol. The third kappa shape index (κ3) is 4.44. The van der Waals surface area contributed by atoms with E-state index in [-0.39, 0.29) is 22.1 Å². The number of carbonyl (C=O) groups is 1. The van der Waals surface area contributed by atoms with Gasteiger partial charge < -0.3 is 15.8 Å². The van der Waals surface area contributed by atoms with Crippen LogP contribution in [-0.4, -0.2) is 40.3 Å². The highest BCUT2D eigenvalue weighted by Gasteiger charge is 2.17. The minimum atomic E-state index is -3.39. The van der Waals surface area contributed by atoms with Crippen LogP contribution < -0.4 is 11.1 Å². The molecule has 7 heteroatoms. The lowest BCUT2D eigenvalue weighted by molar-refractivity contribution is 0.0642. The Labute approximate surface area is 124 Å². The molecule has 0 aliphatic carbocycles. The molecular formula is C14H20N2O4S. The standard InChI is InChI=1S/C14H20N2O4S/c1-21(18,19)13-7-11(6-12(15)8-13)14(17)16-9-10-2-4-20-5-3-10/h6-8,10H,2-5,9,15H2,1H3,(H,16,17). The topological polar surface area (TPSA) is 98.5 Å². The van der Waals surface area contributed by atoms with Gasteiger partial charge in [-0.25, -0.2) is 8.42 Å². The van der Waals surface area contributed by atoms with Gasteiger partial charge in [-0.05, 0) is 37.0 Å². The number of nitrogens with two attached hydrogens (primary N) is 1. The van der Waals surface area contributed by atoms with Gasteiger partial charge in [-0.15, -0.1) is 0 Å². The Morgan fingerprint density at radius 1 is 1.33 bits per heavy atom. The van der Waals surface area contributed by atoms with Crippen LogP contribution in [0, 0.1) is 5.92 Å². The number of amides is 1. The Bertz CT molecular complexity index is 622. The minimum Gasteiger partial charge on any atom is -0.399 e. The fourth-order valence-corrected chi connectivity index (χ4v) is 2.95. The summed E-state index contributed by atoms with van der Waals surface area (Å²) in [5.41, 5.74) is 6.20. The van der Waals surface area contributed by atoms with Gasteiger partial charge in [0.2, 0.25) is 0 Å². The number of nitrogens with one attached hydrogen (secondary N) is 1. The lowest BCUT2D eigenvalue weighted by atomic mass is 10.0. The van der Waals surface area contributed by atoms with Crippen LogP contribution in [0.15, 0.2) is 23.1 Å². The minimum absolute atomic E-state index is 0.0544. The number of ether oxygens (including phenoxy) is 1. The molecule has 0 bridgehead atoms. The average Bonchev–Trinajstić information content (AvgIpc) is 2.44. The molecule has 0 aromatic heterocycles. The molecule has 0 saturated carbocycles. The second-order valence-electron chi connectivity index (χ2n) is 5.33. The summed E-state index contributed by atoms with van der Waals surface area (Å²) < 4.78 is 28.4. The van der Waals surface area contributed by atoms with Crippen LogP contribution in [0.2, 0.25) is 0 Å². The summed E-state index contributed by atoms with van der Waals surface area (Å²) in [6, 6.07) is 4.18. The summed E-state index contributed by atoms with van der Waals surface area (Å²) in [5.74, 6) is 0.0943. The molecule has 0 atom stereocenters. The van der Waals surface area contributed by atoms with Crippen LogP contribution >= 0.6 is 0 Å². The number of anilines is 1. The molecule has 1 aromatic rings. The van der Waals surface area contributed by atoms with Crippen LogP contribution in [0.4, 0.5) is 5.69 Å². The molecule has 21 heavy (non-hydrogen) atoms. The van der Waals surface area contributed by atoms with E-state index in [0.29, 0.717) is 12.5 Å². The molecule has 1 saturated heterocycles. The Balaban J connectivity index is 2.06. The van der Waals surface area contributed by atoms with Crippen LogP contribution in [-0.2, 0) is 14.6 Å². The van der Waals surface area contributed by atoms with E-state index in [0.717, 1.165) is 32.3 Å². The first-order valence-electron chi connectivity index (χ1n) is 6.83. The van der Waals surface area contributed by atoms with Crippen molar-refractivity contribution >= 4 is 21.4 Å². The zero-order valence-electron chi connectivity index (χ0n) is 12.0. The first-order chi connectivity index (χ1) is 9.86. The molecule has 116 valence electrons. The van der Waals surface area contributed by atoms with E-state index in [4.69, 9.17) is 10.5 Å². The second kappa shape index (κ2) is 6.44. The molecule has 3 N–H and O–H groups in total. The predicted molar refractivity (Wildman–Crippen MR) is 79.8 cm³/mol. The van der Waals surface area contributed by atoms with Gasteiger partial charge in [-0.3, -0.25) is 4.79 Å². The fraction of sp³-hybridized carbons (Fsp3) is 0.500. The van der Waals surface area contributed by atoms with Crippen molar-refractivity contribution in [2.75, 3.05) is 31.7 Å². The Morgan fingerprint density at radius 3 is 2.62 bits per heavy atom. The summed E-state index contributed by atoms with van der Waals surface area (Å²) >= 11 is 0. The summed E-state index contributed by atoms with van der Waals surface area (Å²) in [7, 11) is -3.39. The molecular weight excluding hydrogens is 292 g/mol. The Morgan fingerprint density at radius 2 is 2.00 bits per heavy atom. The Kier molecular flexibility index (Phi) is 4.84. The zero-order chi connectivity index (χ0) is 15.5. The molecule has 1 aromatic carbocycles. The van der Waals surface area contributed by atoms with Gasteiger partial charge in [0.25, 0.3) is 5.91 Å². The molecule has 0 unspecified atom stereocenters. The number of rotatable bonds is 4. The zero-order valence-corrected chi connectivity index (χ0v) is 12.8. The lowest BCUT2D eigenvalue weighted by Gasteiger charge is -2.22. The summed E-state index contributed by atoms with van der Waals surface area (Å²) in [6.45, 7) is 2.00. The van der Waals surface area contributed by atoms with E-state index in [1.807, 2.05) is 0 Å². The lowest BCUT2D eigenvalue weighted by Crippen LogP contribution is -2.32. The van der Waals surface area contributed by atoms with Crippen LogP contribution in [0.25, 0.3) is 0 Å². The van der Waals surface area contributed by atoms with E-state index in [9.17, 15) is 13.2 Å².